The molecule has 0 radical (unpaired) electrons. The minimum Gasteiger partial charge on any atom is -0.377 e. The van der Waals surface area contributed by atoms with E-state index in [0.29, 0.717) is 6.54 Å². The van der Waals surface area contributed by atoms with E-state index in [1.54, 1.807) is 11.3 Å². The zero-order valence-electron chi connectivity index (χ0n) is 16.0. The van der Waals surface area contributed by atoms with E-state index in [0.717, 1.165) is 49.3 Å². The van der Waals surface area contributed by atoms with Gasteiger partial charge in [0.05, 0.1) is 18.3 Å². The molecule has 1 aromatic rings. The highest BCUT2D eigenvalue weighted by atomic mass is 32.1. The van der Waals surface area contributed by atoms with E-state index in [-0.39, 0.29) is 6.10 Å². The topological polar surface area (TPSA) is 61.8 Å². The Hall–Kier alpha value is -1.18. The SMILES string of the molecule is CCNC(=NCc1nc(C)c(C)s1)NCC(CCN(C)C)OCC. The predicted molar refractivity (Wildman–Crippen MR) is 103 cm³/mol. The summed E-state index contributed by atoms with van der Waals surface area (Å²) in [5, 5.41) is 7.73. The molecule has 0 aliphatic carbocycles. The smallest absolute Gasteiger partial charge is 0.191 e. The van der Waals surface area contributed by atoms with Gasteiger partial charge in [0.1, 0.15) is 5.01 Å². The summed E-state index contributed by atoms with van der Waals surface area (Å²) in [7, 11) is 4.17. The van der Waals surface area contributed by atoms with Crippen molar-refractivity contribution < 1.29 is 4.74 Å². The lowest BCUT2D eigenvalue weighted by Gasteiger charge is -2.21. The first kappa shape index (κ1) is 20.9. The average molecular weight is 356 g/mol. The standard InChI is InChI=1S/C17H33N5OS/c1-7-18-17(20-12-16-21-13(3)14(4)24-16)19-11-15(23-8-2)9-10-22(5)6/h15H,7-12H2,1-6H3,(H2,18,19,20). The van der Waals surface area contributed by atoms with Crippen molar-refractivity contribution in [2.75, 3.05) is 40.3 Å². The van der Waals surface area contributed by atoms with Crippen LogP contribution in [0.3, 0.4) is 0 Å². The third kappa shape index (κ3) is 8.08. The maximum Gasteiger partial charge on any atom is 0.191 e. The Labute approximate surface area is 150 Å². The fraction of sp³-hybridized carbons (Fsp3) is 0.765. The van der Waals surface area contributed by atoms with E-state index in [9.17, 15) is 0 Å². The normalized spacial score (nSPS) is 13.4. The van der Waals surface area contributed by atoms with E-state index >= 15 is 0 Å². The van der Waals surface area contributed by atoms with Crippen LogP contribution >= 0.6 is 11.3 Å². The molecule has 0 aromatic carbocycles. The Balaban J connectivity index is 2.57. The number of rotatable bonds is 10. The molecule has 0 amide bonds. The van der Waals surface area contributed by atoms with Crippen molar-refractivity contribution in [1.29, 1.82) is 0 Å². The van der Waals surface area contributed by atoms with Crippen LogP contribution in [0.1, 0.15) is 35.8 Å². The van der Waals surface area contributed by atoms with Crippen molar-refractivity contribution in [3.05, 3.63) is 15.6 Å². The molecule has 2 N–H and O–H groups in total. The third-order valence-electron chi connectivity index (χ3n) is 3.59. The number of hydrogen-bond donors (Lipinski definition) is 2. The molecule has 1 rings (SSSR count). The van der Waals surface area contributed by atoms with Gasteiger partial charge in [-0.25, -0.2) is 9.98 Å². The fourth-order valence-corrected chi connectivity index (χ4v) is 3.05. The number of ether oxygens (including phenoxy) is 1. The Morgan fingerprint density at radius 2 is 2.04 bits per heavy atom. The second-order valence-corrected chi connectivity index (χ2v) is 7.28. The number of nitrogens with zero attached hydrogens (tertiary/aromatic N) is 3. The Morgan fingerprint density at radius 1 is 1.29 bits per heavy atom. The predicted octanol–water partition coefficient (Wildman–Crippen LogP) is 2.17. The molecule has 7 heteroatoms. The van der Waals surface area contributed by atoms with Crippen molar-refractivity contribution in [2.24, 2.45) is 4.99 Å². The van der Waals surface area contributed by atoms with Gasteiger partial charge < -0.3 is 20.3 Å². The van der Waals surface area contributed by atoms with Gasteiger partial charge in [0.15, 0.2) is 5.96 Å². The van der Waals surface area contributed by atoms with Crippen LogP contribution in [0.2, 0.25) is 0 Å². The number of aromatic nitrogens is 1. The maximum atomic E-state index is 5.82. The first-order valence-corrected chi connectivity index (χ1v) is 9.49. The molecule has 0 bridgehead atoms. The Morgan fingerprint density at radius 3 is 2.58 bits per heavy atom. The summed E-state index contributed by atoms with van der Waals surface area (Å²) >= 11 is 1.71. The summed E-state index contributed by atoms with van der Waals surface area (Å²) < 4.78 is 5.82. The summed E-state index contributed by atoms with van der Waals surface area (Å²) in [6.45, 7) is 12.2. The van der Waals surface area contributed by atoms with Gasteiger partial charge in [-0.05, 0) is 48.2 Å². The monoisotopic (exact) mass is 355 g/mol. The minimum atomic E-state index is 0.186. The van der Waals surface area contributed by atoms with Crippen molar-refractivity contribution >= 4 is 17.3 Å². The van der Waals surface area contributed by atoms with Crippen molar-refractivity contribution in [3.63, 3.8) is 0 Å². The average Bonchev–Trinajstić information content (AvgIpc) is 2.85. The quantitative estimate of drug-likeness (QED) is 0.497. The molecule has 138 valence electrons. The van der Waals surface area contributed by atoms with Gasteiger partial charge in [0.25, 0.3) is 0 Å². The van der Waals surface area contributed by atoms with Crippen molar-refractivity contribution in [2.45, 2.75) is 46.8 Å². The van der Waals surface area contributed by atoms with E-state index in [1.165, 1.54) is 4.88 Å². The summed E-state index contributed by atoms with van der Waals surface area (Å²) in [5.41, 5.74) is 1.10. The number of aliphatic imine (C=N–C) groups is 1. The molecule has 6 nitrogen and oxygen atoms in total. The molecular weight excluding hydrogens is 322 g/mol. The molecular formula is C17H33N5OS. The van der Waals surface area contributed by atoms with E-state index in [4.69, 9.17) is 4.74 Å². The Bertz CT molecular complexity index is 482. The van der Waals surface area contributed by atoms with Crippen LogP contribution in [-0.4, -0.2) is 62.3 Å². The number of thiazole rings is 1. The minimum absolute atomic E-state index is 0.186. The molecule has 0 aliphatic heterocycles. The molecule has 0 saturated heterocycles. The van der Waals surface area contributed by atoms with Gasteiger partial charge in [-0.3, -0.25) is 0 Å². The second-order valence-electron chi connectivity index (χ2n) is 5.99. The molecule has 1 unspecified atom stereocenters. The largest absolute Gasteiger partial charge is 0.377 e. The van der Waals surface area contributed by atoms with Crippen LogP contribution in [0.5, 0.6) is 0 Å². The molecule has 0 saturated carbocycles. The van der Waals surface area contributed by atoms with Crippen LogP contribution in [-0.2, 0) is 11.3 Å². The fourth-order valence-electron chi connectivity index (χ4n) is 2.19. The van der Waals surface area contributed by atoms with Crippen LogP contribution < -0.4 is 10.6 Å². The molecule has 1 atom stereocenters. The third-order valence-corrected chi connectivity index (χ3v) is 4.64. The van der Waals surface area contributed by atoms with Crippen molar-refractivity contribution in [1.82, 2.24) is 20.5 Å². The maximum absolute atomic E-state index is 5.82. The number of hydrogen-bond acceptors (Lipinski definition) is 5. The lowest BCUT2D eigenvalue weighted by molar-refractivity contribution is 0.0548. The van der Waals surface area contributed by atoms with Gasteiger partial charge >= 0.3 is 0 Å². The van der Waals surface area contributed by atoms with Gasteiger partial charge in [-0.1, -0.05) is 0 Å². The summed E-state index contributed by atoms with van der Waals surface area (Å²) in [6, 6.07) is 0. The van der Waals surface area contributed by atoms with Gasteiger partial charge in [0.2, 0.25) is 0 Å². The van der Waals surface area contributed by atoms with E-state index in [2.05, 4.69) is 53.5 Å². The highest BCUT2D eigenvalue weighted by molar-refractivity contribution is 7.11. The molecule has 1 aromatic heterocycles. The van der Waals surface area contributed by atoms with E-state index < -0.39 is 0 Å². The molecule has 1 heterocycles. The Kier molecular flexibility index (Phi) is 9.90. The summed E-state index contributed by atoms with van der Waals surface area (Å²) in [6.07, 6.45) is 1.18. The highest BCUT2D eigenvalue weighted by Crippen LogP contribution is 2.16. The van der Waals surface area contributed by atoms with Crippen LogP contribution in [0.15, 0.2) is 4.99 Å². The lowest BCUT2D eigenvalue weighted by atomic mass is 10.2. The number of nitrogens with one attached hydrogen (secondary N) is 2. The number of aryl methyl sites for hydroxylation is 2. The zero-order valence-corrected chi connectivity index (χ0v) is 16.8. The second kappa shape index (κ2) is 11.4. The molecule has 24 heavy (non-hydrogen) atoms. The summed E-state index contributed by atoms with van der Waals surface area (Å²) in [4.78, 5) is 12.6. The van der Waals surface area contributed by atoms with Crippen LogP contribution in [0.25, 0.3) is 0 Å². The molecule has 0 aliphatic rings. The van der Waals surface area contributed by atoms with E-state index in [1.807, 2.05) is 13.8 Å². The first-order chi connectivity index (χ1) is 11.5. The molecule has 0 spiro atoms. The van der Waals surface area contributed by atoms with Gasteiger partial charge in [-0.2, -0.15) is 0 Å². The lowest BCUT2D eigenvalue weighted by Crippen LogP contribution is -2.42. The van der Waals surface area contributed by atoms with Crippen molar-refractivity contribution in [3.8, 4) is 0 Å². The van der Waals surface area contributed by atoms with Gasteiger partial charge in [-0.15, -0.1) is 11.3 Å². The molecule has 0 fully saturated rings. The first-order valence-electron chi connectivity index (χ1n) is 8.67. The summed E-state index contributed by atoms with van der Waals surface area (Å²) in [5.74, 6) is 0.817. The van der Waals surface area contributed by atoms with Crippen LogP contribution in [0, 0.1) is 13.8 Å². The van der Waals surface area contributed by atoms with Gasteiger partial charge in [0, 0.05) is 31.1 Å². The zero-order chi connectivity index (χ0) is 17.9. The highest BCUT2D eigenvalue weighted by Gasteiger charge is 2.10. The number of guanidine groups is 1. The van der Waals surface area contributed by atoms with Crippen LogP contribution in [0.4, 0.5) is 0 Å².